The summed E-state index contributed by atoms with van der Waals surface area (Å²) in [6.07, 6.45) is 0.790. The number of hydrogen-bond acceptors (Lipinski definition) is 4. The fraction of sp³-hybridized carbons (Fsp3) is 0.333. The second kappa shape index (κ2) is 9.24. The summed E-state index contributed by atoms with van der Waals surface area (Å²) in [5, 5.41) is 3.96. The Balaban J connectivity index is 1.59. The Kier molecular flexibility index (Phi) is 6.26. The van der Waals surface area contributed by atoms with E-state index in [2.05, 4.69) is 10.2 Å². The molecular formula is C24H27N3O3. The molecule has 2 heterocycles. The van der Waals surface area contributed by atoms with Crippen molar-refractivity contribution in [3.63, 3.8) is 0 Å². The van der Waals surface area contributed by atoms with E-state index in [1.807, 2.05) is 54.6 Å². The molecule has 1 unspecified atom stereocenters. The van der Waals surface area contributed by atoms with Gasteiger partial charge in [0.1, 0.15) is 0 Å². The minimum atomic E-state index is -0.222. The zero-order valence-corrected chi connectivity index (χ0v) is 17.2. The summed E-state index contributed by atoms with van der Waals surface area (Å²) in [5.74, 6) is -0.222. The molecule has 1 aliphatic heterocycles. The topological polar surface area (TPSA) is 63.6 Å². The van der Waals surface area contributed by atoms with Crippen molar-refractivity contribution >= 4 is 16.8 Å². The first-order valence-corrected chi connectivity index (χ1v) is 10.4. The number of hydrogen-bond donors (Lipinski definition) is 1. The zero-order valence-electron chi connectivity index (χ0n) is 17.2. The number of nitrogens with one attached hydrogen (secondary N) is 1. The fourth-order valence-electron chi connectivity index (χ4n) is 3.98. The van der Waals surface area contributed by atoms with E-state index in [0.717, 1.165) is 55.7 Å². The predicted octanol–water partition coefficient (Wildman–Crippen LogP) is 2.73. The van der Waals surface area contributed by atoms with Gasteiger partial charge in [0.25, 0.3) is 11.5 Å². The molecule has 4 rings (SSSR count). The number of benzene rings is 2. The molecule has 1 aromatic heterocycles. The van der Waals surface area contributed by atoms with Crippen LogP contribution < -0.4 is 10.9 Å². The van der Waals surface area contributed by atoms with Gasteiger partial charge in [-0.25, -0.2) is 0 Å². The number of carbonyl (C=O) groups is 1. The van der Waals surface area contributed by atoms with Gasteiger partial charge in [0.2, 0.25) is 0 Å². The molecule has 3 aromatic rings. The molecule has 0 aliphatic carbocycles. The van der Waals surface area contributed by atoms with Crippen molar-refractivity contribution in [2.24, 2.45) is 7.05 Å². The van der Waals surface area contributed by atoms with Gasteiger partial charge in [0, 0.05) is 38.1 Å². The van der Waals surface area contributed by atoms with Crippen molar-refractivity contribution in [3.8, 4) is 0 Å². The fourth-order valence-corrected chi connectivity index (χ4v) is 3.98. The Morgan fingerprint density at radius 1 is 1.07 bits per heavy atom. The van der Waals surface area contributed by atoms with Crippen LogP contribution in [0.4, 0.5) is 0 Å². The van der Waals surface area contributed by atoms with Crippen LogP contribution in [0.5, 0.6) is 0 Å². The third-order valence-electron chi connectivity index (χ3n) is 5.74. The van der Waals surface area contributed by atoms with Crippen molar-refractivity contribution in [2.45, 2.75) is 12.5 Å². The quantitative estimate of drug-likeness (QED) is 0.685. The Labute approximate surface area is 176 Å². The summed E-state index contributed by atoms with van der Waals surface area (Å²) in [5.41, 5.74) is 2.04. The molecule has 1 amide bonds. The van der Waals surface area contributed by atoms with Crippen molar-refractivity contribution in [1.29, 1.82) is 0 Å². The second-order valence-corrected chi connectivity index (χ2v) is 7.65. The summed E-state index contributed by atoms with van der Waals surface area (Å²) < 4.78 is 7.00. The van der Waals surface area contributed by atoms with Crippen LogP contribution in [0.2, 0.25) is 0 Å². The molecule has 1 aliphatic rings. The number of morpholine rings is 1. The highest BCUT2D eigenvalue weighted by Gasteiger charge is 2.20. The lowest BCUT2D eigenvalue weighted by Crippen LogP contribution is -2.39. The zero-order chi connectivity index (χ0) is 20.9. The maximum atomic E-state index is 13.3. The van der Waals surface area contributed by atoms with E-state index >= 15 is 0 Å². The van der Waals surface area contributed by atoms with Gasteiger partial charge >= 0.3 is 0 Å². The largest absolute Gasteiger partial charge is 0.379 e. The standard InChI is InChI=1S/C24H27N3O3/c1-26-22-10-6-5-9-19(22)20(17-23(26)28)24(29)25-21(18-7-3-2-4-8-18)11-12-27-13-15-30-16-14-27/h2-10,17,21H,11-16H2,1H3,(H,25,29). The van der Waals surface area contributed by atoms with E-state index in [1.165, 1.54) is 6.07 Å². The van der Waals surface area contributed by atoms with E-state index < -0.39 is 0 Å². The van der Waals surface area contributed by atoms with E-state index in [1.54, 1.807) is 11.6 Å². The number of pyridine rings is 1. The maximum Gasteiger partial charge on any atom is 0.252 e. The van der Waals surface area contributed by atoms with E-state index in [4.69, 9.17) is 4.74 Å². The Hall–Kier alpha value is -2.96. The van der Waals surface area contributed by atoms with Gasteiger partial charge in [-0.1, -0.05) is 48.5 Å². The molecule has 156 valence electrons. The van der Waals surface area contributed by atoms with Crippen LogP contribution in [0.3, 0.4) is 0 Å². The molecule has 0 bridgehead atoms. The molecule has 1 N–H and O–H groups in total. The summed E-state index contributed by atoms with van der Waals surface area (Å²) in [7, 11) is 1.72. The molecule has 1 atom stereocenters. The first-order valence-electron chi connectivity index (χ1n) is 10.4. The first-order chi connectivity index (χ1) is 14.6. The average molecular weight is 405 g/mol. The van der Waals surface area contributed by atoms with Gasteiger partial charge in [-0.15, -0.1) is 0 Å². The predicted molar refractivity (Wildman–Crippen MR) is 118 cm³/mol. The molecule has 30 heavy (non-hydrogen) atoms. The highest BCUT2D eigenvalue weighted by atomic mass is 16.5. The molecular weight excluding hydrogens is 378 g/mol. The van der Waals surface area contributed by atoms with Crippen LogP contribution in [0.25, 0.3) is 10.9 Å². The summed E-state index contributed by atoms with van der Waals surface area (Å²) in [6.45, 7) is 4.20. The SMILES string of the molecule is Cn1c(=O)cc(C(=O)NC(CCN2CCOCC2)c2ccccc2)c2ccccc21. The number of aromatic nitrogens is 1. The lowest BCUT2D eigenvalue weighted by atomic mass is 10.0. The molecule has 6 heteroatoms. The van der Waals surface area contributed by atoms with Crippen LogP contribution in [0, 0.1) is 0 Å². The molecule has 1 fully saturated rings. The molecule has 0 spiro atoms. The molecule has 6 nitrogen and oxygen atoms in total. The van der Waals surface area contributed by atoms with E-state index in [-0.39, 0.29) is 17.5 Å². The van der Waals surface area contributed by atoms with Crippen molar-refractivity contribution in [2.75, 3.05) is 32.8 Å². The van der Waals surface area contributed by atoms with Crippen LogP contribution in [0.1, 0.15) is 28.4 Å². The number of rotatable bonds is 6. The first kappa shape index (κ1) is 20.3. The van der Waals surface area contributed by atoms with Gasteiger partial charge < -0.3 is 14.6 Å². The van der Waals surface area contributed by atoms with E-state index in [9.17, 15) is 9.59 Å². The summed E-state index contributed by atoms with van der Waals surface area (Å²) in [4.78, 5) is 28.0. The third-order valence-corrected chi connectivity index (χ3v) is 5.74. The average Bonchev–Trinajstić information content (AvgIpc) is 2.80. The Morgan fingerprint density at radius 2 is 1.77 bits per heavy atom. The third kappa shape index (κ3) is 4.45. The van der Waals surface area contributed by atoms with Crippen molar-refractivity contribution in [1.82, 2.24) is 14.8 Å². The second-order valence-electron chi connectivity index (χ2n) is 7.65. The molecule has 2 aromatic carbocycles. The van der Waals surface area contributed by atoms with Gasteiger partial charge in [-0.05, 0) is 18.1 Å². The minimum Gasteiger partial charge on any atom is -0.379 e. The van der Waals surface area contributed by atoms with Gasteiger partial charge in [-0.2, -0.15) is 0 Å². The van der Waals surface area contributed by atoms with Crippen molar-refractivity contribution < 1.29 is 9.53 Å². The van der Waals surface area contributed by atoms with Gasteiger partial charge in [-0.3, -0.25) is 14.5 Å². The Morgan fingerprint density at radius 3 is 2.53 bits per heavy atom. The van der Waals surface area contributed by atoms with Crippen molar-refractivity contribution in [3.05, 3.63) is 82.1 Å². The summed E-state index contributed by atoms with van der Waals surface area (Å²) >= 11 is 0. The minimum absolute atomic E-state index is 0.135. The number of para-hydroxylation sites is 1. The smallest absolute Gasteiger partial charge is 0.252 e. The Bertz CT molecular complexity index is 1070. The normalized spacial score (nSPS) is 15.8. The maximum absolute atomic E-state index is 13.3. The van der Waals surface area contributed by atoms with Gasteiger partial charge in [0.05, 0.1) is 30.3 Å². The summed E-state index contributed by atoms with van der Waals surface area (Å²) in [6, 6.07) is 18.8. The van der Waals surface area contributed by atoms with Crippen LogP contribution >= 0.6 is 0 Å². The van der Waals surface area contributed by atoms with Crippen LogP contribution in [0.15, 0.2) is 65.5 Å². The van der Waals surface area contributed by atoms with Crippen LogP contribution in [-0.2, 0) is 11.8 Å². The lowest BCUT2D eigenvalue weighted by Gasteiger charge is -2.29. The van der Waals surface area contributed by atoms with Gasteiger partial charge in [0.15, 0.2) is 0 Å². The molecule has 0 radical (unpaired) electrons. The number of amides is 1. The highest BCUT2D eigenvalue weighted by molar-refractivity contribution is 6.06. The monoisotopic (exact) mass is 405 g/mol. The van der Waals surface area contributed by atoms with Crippen LogP contribution in [-0.4, -0.2) is 48.2 Å². The number of nitrogens with zero attached hydrogens (tertiary/aromatic N) is 2. The molecule has 1 saturated heterocycles. The highest BCUT2D eigenvalue weighted by Crippen LogP contribution is 2.21. The number of carbonyl (C=O) groups excluding carboxylic acids is 1. The number of fused-ring (bicyclic) bond motifs is 1. The molecule has 0 saturated carbocycles. The number of ether oxygens (including phenoxy) is 1. The lowest BCUT2D eigenvalue weighted by molar-refractivity contribution is 0.0360. The van der Waals surface area contributed by atoms with E-state index in [0.29, 0.717) is 5.56 Å². The number of aryl methyl sites for hydroxylation is 1.